The number of carbonyl (C=O) groups is 2. The third kappa shape index (κ3) is 15.2. The second-order valence-corrected chi connectivity index (χ2v) is 21.4. The van der Waals surface area contributed by atoms with Gasteiger partial charge in [0.15, 0.2) is 5.75 Å². The van der Waals surface area contributed by atoms with Crippen LogP contribution in [0.3, 0.4) is 0 Å². The van der Waals surface area contributed by atoms with Crippen LogP contribution in [0.15, 0.2) is 30.3 Å². The number of ether oxygens (including phenoxy) is 2. The number of rotatable bonds is 31. The fraction of sp³-hybridized carbons (Fsp3) is 0.736. The molecule has 65 heavy (non-hydrogen) atoms. The van der Waals surface area contributed by atoms with Gasteiger partial charge in [0.25, 0.3) is 5.91 Å². The molecule has 5 rings (SSSR count). The van der Waals surface area contributed by atoms with Gasteiger partial charge in [0.05, 0.1) is 44.1 Å². The number of phosphoric acid groups is 1. The van der Waals surface area contributed by atoms with Gasteiger partial charge in [-0.15, -0.1) is 0 Å². The molecular formula is C53H85N2O9P. The summed E-state index contributed by atoms with van der Waals surface area (Å²) in [4.78, 5) is 24.8. The SMILES string of the molecule is CCCCCCCCCCC(C)OP(=O)(Oc1ccc2c(c1)CCC1C2CCC2(C)C(OCCC(=O)Nc3ccc(OC)c(C(N)=O)c3O)CCC12)OC(C)CCCCCCCCCC. The summed E-state index contributed by atoms with van der Waals surface area (Å²) in [6.07, 6.45) is 27.3. The van der Waals surface area contributed by atoms with Gasteiger partial charge in [-0.3, -0.25) is 18.6 Å². The second kappa shape index (κ2) is 26.4. The van der Waals surface area contributed by atoms with E-state index in [1.54, 1.807) is 0 Å². The molecular weight excluding hydrogens is 840 g/mol. The maximum atomic E-state index is 14.6. The van der Waals surface area contributed by atoms with E-state index in [0.717, 1.165) is 77.0 Å². The highest BCUT2D eigenvalue weighted by molar-refractivity contribution is 7.49. The summed E-state index contributed by atoms with van der Waals surface area (Å²) in [5, 5.41) is 13.3. The van der Waals surface area contributed by atoms with Crippen molar-refractivity contribution in [2.24, 2.45) is 23.0 Å². The van der Waals surface area contributed by atoms with Gasteiger partial charge in [-0.25, -0.2) is 4.57 Å². The predicted octanol–water partition coefficient (Wildman–Crippen LogP) is 14.1. The first-order valence-corrected chi connectivity index (χ1v) is 27.2. The molecule has 7 unspecified atom stereocenters. The van der Waals surface area contributed by atoms with Gasteiger partial charge in [-0.05, 0) is 124 Å². The number of carbonyl (C=O) groups excluding carboxylic acids is 2. The number of nitrogens with two attached hydrogens (primary N) is 1. The molecule has 0 radical (unpaired) electrons. The predicted molar refractivity (Wildman–Crippen MR) is 261 cm³/mol. The number of amides is 2. The van der Waals surface area contributed by atoms with Gasteiger partial charge in [0, 0.05) is 0 Å². The highest BCUT2D eigenvalue weighted by atomic mass is 31.2. The number of hydrogen-bond acceptors (Lipinski definition) is 9. The number of aromatic hydroxyl groups is 1. The highest BCUT2D eigenvalue weighted by Crippen LogP contribution is 2.62. The van der Waals surface area contributed by atoms with Crippen molar-refractivity contribution in [3.63, 3.8) is 0 Å². The summed E-state index contributed by atoms with van der Waals surface area (Å²) in [5.41, 5.74) is 8.02. The number of phosphoric ester groups is 1. The summed E-state index contributed by atoms with van der Waals surface area (Å²) in [7, 11) is -2.54. The zero-order valence-corrected chi connectivity index (χ0v) is 41.9. The largest absolute Gasteiger partial charge is 0.530 e. The molecule has 0 aliphatic heterocycles. The molecule has 12 heteroatoms. The molecule has 0 heterocycles. The molecule has 0 saturated heterocycles. The molecule has 2 amide bonds. The third-order valence-electron chi connectivity index (χ3n) is 14.9. The number of nitrogens with one attached hydrogen (secondary N) is 1. The monoisotopic (exact) mass is 925 g/mol. The Morgan fingerprint density at radius 1 is 0.831 bits per heavy atom. The molecule has 11 nitrogen and oxygen atoms in total. The van der Waals surface area contributed by atoms with E-state index in [1.807, 2.05) is 19.9 Å². The standard InChI is InChI=1S/C53H85N2O9P/c1-7-9-11-13-15-17-19-21-23-38(3)62-65(59,63-39(4)24-22-20-18-16-14-12-10-8-2)64-41-26-28-42-40(37-41)25-27-44-43(42)33-35-53(5)45(44)29-32-48(53)61-36-34-49(56)55-46-30-31-47(60-6)50(51(46)57)52(54)58/h26,28,30-31,37-39,43-45,48,57H,7-25,27,29,32-36H2,1-6H3,(H2,54,58)(H,55,56). The summed E-state index contributed by atoms with van der Waals surface area (Å²) in [6.45, 7) is 11.1. The van der Waals surface area contributed by atoms with Crippen LogP contribution in [0.4, 0.5) is 5.69 Å². The minimum absolute atomic E-state index is 0.0147. The van der Waals surface area contributed by atoms with E-state index in [1.165, 1.54) is 107 Å². The van der Waals surface area contributed by atoms with Gasteiger partial charge in [-0.2, -0.15) is 0 Å². The zero-order chi connectivity index (χ0) is 46.8. The summed E-state index contributed by atoms with van der Waals surface area (Å²) >= 11 is 0. The minimum Gasteiger partial charge on any atom is -0.505 e. The smallest absolute Gasteiger partial charge is 0.505 e. The molecule has 2 fully saturated rings. The fourth-order valence-electron chi connectivity index (χ4n) is 11.3. The van der Waals surface area contributed by atoms with Gasteiger partial charge in [-0.1, -0.05) is 130 Å². The topological polar surface area (TPSA) is 156 Å². The van der Waals surface area contributed by atoms with Gasteiger partial charge >= 0.3 is 7.82 Å². The Labute approximate surface area is 392 Å². The first-order chi connectivity index (χ1) is 31.3. The number of aryl methyl sites for hydroxylation is 1. The van der Waals surface area contributed by atoms with Crippen molar-refractivity contribution in [3.05, 3.63) is 47.0 Å². The number of benzene rings is 2. The maximum absolute atomic E-state index is 14.6. The molecule has 7 atom stereocenters. The van der Waals surface area contributed by atoms with Crippen molar-refractivity contribution in [3.8, 4) is 17.2 Å². The van der Waals surface area contributed by atoms with Gasteiger partial charge < -0.3 is 30.2 Å². The number of methoxy groups -OCH3 is 1. The molecule has 2 aromatic carbocycles. The van der Waals surface area contributed by atoms with Crippen LogP contribution < -0.4 is 20.3 Å². The number of unbranched alkanes of at least 4 members (excludes halogenated alkanes) is 14. The lowest BCUT2D eigenvalue weighted by molar-refractivity contribution is -0.119. The van der Waals surface area contributed by atoms with Crippen molar-refractivity contribution in [2.45, 2.75) is 219 Å². The van der Waals surface area contributed by atoms with Crippen LogP contribution in [0.25, 0.3) is 0 Å². The fourth-order valence-corrected chi connectivity index (χ4v) is 12.9. The lowest BCUT2D eigenvalue weighted by atomic mass is 9.55. The Hall–Kier alpha value is -3.11. The Morgan fingerprint density at radius 3 is 2.02 bits per heavy atom. The summed E-state index contributed by atoms with van der Waals surface area (Å²) in [5.74, 6) is 0.588. The molecule has 366 valence electrons. The van der Waals surface area contributed by atoms with E-state index in [9.17, 15) is 19.3 Å². The quantitative estimate of drug-likeness (QED) is 0.0381. The zero-order valence-electron chi connectivity index (χ0n) is 41.0. The summed E-state index contributed by atoms with van der Waals surface area (Å²) < 4.78 is 45.2. The van der Waals surface area contributed by atoms with E-state index < -0.39 is 19.5 Å². The number of primary amides is 1. The van der Waals surface area contributed by atoms with E-state index in [0.29, 0.717) is 23.5 Å². The van der Waals surface area contributed by atoms with Crippen molar-refractivity contribution in [1.29, 1.82) is 0 Å². The van der Waals surface area contributed by atoms with Crippen LogP contribution in [-0.2, 0) is 29.6 Å². The van der Waals surface area contributed by atoms with Crippen LogP contribution in [0.2, 0.25) is 0 Å². The highest BCUT2D eigenvalue weighted by Gasteiger charge is 2.55. The third-order valence-corrected chi connectivity index (χ3v) is 16.6. The number of fused-ring (bicyclic) bond motifs is 5. The Balaban J connectivity index is 1.15. The lowest BCUT2D eigenvalue weighted by Gasteiger charge is -2.50. The Kier molecular flexibility index (Phi) is 21.5. The molecule has 3 aliphatic carbocycles. The van der Waals surface area contributed by atoms with E-state index in [2.05, 4.69) is 38.2 Å². The number of phenols is 1. The normalized spacial score (nSPS) is 23.1. The van der Waals surface area contributed by atoms with Crippen LogP contribution >= 0.6 is 7.82 Å². The Bertz CT molecular complexity index is 1810. The first-order valence-electron chi connectivity index (χ1n) is 25.7. The van der Waals surface area contributed by atoms with Crippen molar-refractivity contribution in [1.82, 2.24) is 0 Å². The molecule has 2 aromatic rings. The van der Waals surface area contributed by atoms with Gasteiger partial charge in [0.1, 0.15) is 17.1 Å². The van der Waals surface area contributed by atoms with E-state index in [-0.39, 0.29) is 59.7 Å². The average Bonchev–Trinajstić information content (AvgIpc) is 3.61. The van der Waals surface area contributed by atoms with E-state index in [4.69, 9.17) is 28.8 Å². The number of hydrogen-bond donors (Lipinski definition) is 3. The van der Waals surface area contributed by atoms with Crippen LogP contribution in [0.5, 0.6) is 17.2 Å². The van der Waals surface area contributed by atoms with Crippen molar-refractivity contribution in [2.75, 3.05) is 19.0 Å². The molecule has 2 saturated carbocycles. The molecule has 0 spiro atoms. The maximum Gasteiger partial charge on any atom is 0.530 e. The van der Waals surface area contributed by atoms with Gasteiger partial charge in [0.2, 0.25) is 5.91 Å². The Morgan fingerprint density at radius 2 is 1.43 bits per heavy atom. The molecule has 4 N–H and O–H groups in total. The number of anilines is 1. The molecule has 0 bridgehead atoms. The van der Waals surface area contributed by atoms with Crippen LogP contribution in [0.1, 0.15) is 216 Å². The van der Waals surface area contributed by atoms with E-state index >= 15 is 0 Å². The minimum atomic E-state index is -3.91. The summed E-state index contributed by atoms with van der Waals surface area (Å²) in [6, 6.07) is 9.25. The van der Waals surface area contributed by atoms with Crippen molar-refractivity contribution < 1.29 is 42.3 Å². The molecule has 3 aliphatic rings. The second-order valence-electron chi connectivity index (χ2n) is 19.9. The van der Waals surface area contributed by atoms with Crippen LogP contribution in [-0.4, -0.2) is 48.9 Å². The van der Waals surface area contributed by atoms with Crippen LogP contribution in [0, 0.1) is 17.3 Å². The molecule has 0 aromatic heterocycles. The first kappa shape index (κ1) is 52.9. The lowest BCUT2D eigenvalue weighted by Crippen LogP contribution is -2.44. The van der Waals surface area contributed by atoms with Crippen molar-refractivity contribution >= 4 is 25.3 Å². The average molecular weight is 925 g/mol.